The van der Waals surface area contributed by atoms with Crippen LogP contribution in [0, 0.1) is 12.7 Å². The summed E-state index contributed by atoms with van der Waals surface area (Å²) in [4.78, 5) is 11.7. The first-order valence-corrected chi connectivity index (χ1v) is 5.36. The topological polar surface area (TPSA) is 55.1 Å². The van der Waals surface area contributed by atoms with Crippen molar-refractivity contribution in [3.05, 3.63) is 35.1 Å². The van der Waals surface area contributed by atoms with Crippen molar-refractivity contribution < 1.29 is 9.18 Å². The van der Waals surface area contributed by atoms with Gasteiger partial charge >= 0.3 is 0 Å². The molecular weight excluding hydrogens is 207 g/mol. The highest BCUT2D eigenvalue weighted by Crippen LogP contribution is 2.11. The number of rotatable bonds is 4. The number of amides is 1. The second-order valence-electron chi connectivity index (χ2n) is 3.75. The summed E-state index contributed by atoms with van der Waals surface area (Å²) in [5.41, 5.74) is 6.01. The average Bonchev–Trinajstić information content (AvgIpc) is 2.29. The van der Waals surface area contributed by atoms with Gasteiger partial charge in [-0.2, -0.15) is 0 Å². The van der Waals surface area contributed by atoms with Gasteiger partial charge in [0.2, 0.25) is 0 Å². The third-order valence-electron chi connectivity index (χ3n) is 2.55. The minimum absolute atomic E-state index is 0.0758. The Morgan fingerprint density at radius 1 is 1.56 bits per heavy atom. The molecule has 1 amide bonds. The van der Waals surface area contributed by atoms with Crippen LogP contribution < -0.4 is 11.1 Å². The van der Waals surface area contributed by atoms with Crippen LogP contribution in [-0.4, -0.2) is 18.5 Å². The molecule has 0 fully saturated rings. The highest BCUT2D eigenvalue weighted by molar-refractivity contribution is 5.94. The summed E-state index contributed by atoms with van der Waals surface area (Å²) in [6, 6.07) is 4.66. The molecule has 0 aliphatic heterocycles. The SMILES string of the molecule is CCC(CN)NC(=O)c1cccc(C)c1F. The number of hydrogen-bond donors (Lipinski definition) is 2. The maximum absolute atomic E-state index is 13.6. The molecule has 16 heavy (non-hydrogen) atoms. The molecular formula is C12H17FN2O. The Balaban J connectivity index is 2.84. The molecule has 3 N–H and O–H groups in total. The molecule has 0 aliphatic carbocycles. The van der Waals surface area contributed by atoms with Crippen LogP contribution in [0.5, 0.6) is 0 Å². The molecule has 1 atom stereocenters. The predicted molar refractivity (Wildman–Crippen MR) is 61.7 cm³/mol. The zero-order valence-electron chi connectivity index (χ0n) is 9.59. The lowest BCUT2D eigenvalue weighted by molar-refractivity contribution is 0.0933. The Morgan fingerprint density at radius 3 is 2.81 bits per heavy atom. The molecule has 3 nitrogen and oxygen atoms in total. The van der Waals surface area contributed by atoms with Crippen LogP contribution in [0.15, 0.2) is 18.2 Å². The summed E-state index contributed by atoms with van der Waals surface area (Å²) in [7, 11) is 0. The lowest BCUT2D eigenvalue weighted by atomic mass is 10.1. The molecule has 1 rings (SSSR count). The standard InChI is InChI=1S/C12H17FN2O/c1-3-9(7-14)15-12(16)10-6-4-5-8(2)11(10)13/h4-6,9H,3,7,14H2,1-2H3,(H,15,16). The first kappa shape index (κ1) is 12.6. The lowest BCUT2D eigenvalue weighted by Crippen LogP contribution is -2.40. The van der Waals surface area contributed by atoms with Gasteiger partial charge in [0.1, 0.15) is 5.82 Å². The van der Waals surface area contributed by atoms with E-state index in [1.165, 1.54) is 6.07 Å². The minimum atomic E-state index is -0.466. The van der Waals surface area contributed by atoms with Gasteiger partial charge in [-0.25, -0.2) is 4.39 Å². The molecule has 0 bridgehead atoms. The van der Waals surface area contributed by atoms with Crippen LogP contribution in [0.25, 0.3) is 0 Å². The molecule has 1 aromatic carbocycles. The van der Waals surface area contributed by atoms with E-state index in [0.29, 0.717) is 12.1 Å². The van der Waals surface area contributed by atoms with Crippen molar-refractivity contribution in [2.75, 3.05) is 6.54 Å². The number of nitrogens with two attached hydrogens (primary N) is 1. The molecule has 1 unspecified atom stereocenters. The van der Waals surface area contributed by atoms with E-state index in [4.69, 9.17) is 5.73 Å². The zero-order valence-corrected chi connectivity index (χ0v) is 9.59. The maximum atomic E-state index is 13.6. The maximum Gasteiger partial charge on any atom is 0.254 e. The van der Waals surface area contributed by atoms with E-state index in [0.717, 1.165) is 6.42 Å². The molecule has 0 saturated carbocycles. The molecule has 0 aromatic heterocycles. The molecule has 0 spiro atoms. The molecule has 0 saturated heterocycles. The molecule has 88 valence electrons. The van der Waals surface area contributed by atoms with E-state index in [9.17, 15) is 9.18 Å². The van der Waals surface area contributed by atoms with E-state index < -0.39 is 11.7 Å². The van der Waals surface area contributed by atoms with E-state index in [2.05, 4.69) is 5.32 Å². The third kappa shape index (κ3) is 2.79. The van der Waals surface area contributed by atoms with E-state index in [1.54, 1.807) is 19.1 Å². The van der Waals surface area contributed by atoms with Crippen molar-refractivity contribution in [3.8, 4) is 0 Å². The first-order valence-electron chi connectivity index (χ1n) is 5.36. The van der Waals surface area contributed by atoms with Crippen LogP contribution in [0.3, 0.4) is 0 Å². The van der Waals surface area contributed by atoms with Crippen molar-refractivity contribution in [2.45, 2.75) is 26.3 Å². The van der Waals surface area contributed by atoms with Crippen LogP contribution in [0.1, 0.15) is 29.3 Å². The second kappa shape index (κ2) is 5.61. The highest BCUT2D eigenvalue weighted by Gasteiger charge is 2.15. The van der Waals surface area contributed by atoms with Crippen molar-refractivity contribution in [1.82, 2.24) is 5.32 Å². The Kier molecular flexibility index (Phi) is 4.43. The van der Waals surface area contributed by atoms with Crippen molar-refractivity contribution in [1.29, 1.82) is 0 Å². The van der Waals surface area contributed by atoms with Crippen LogP contribution in [0.4, 0.5) is 4.39 Å². The minimum Gasteiger partial charge on any atom is -0.348 e. The zero-order chi connectivity index (χ0) is 12.1. The number of carbonyl (C=O) groups excluding carboxylic acids is 1. The summed E-state index contributed by atoms with van der Waals surface area (Å²) >= 11 is 0. The number of aryl methyl sites for hydroxylation is 1. The Hall–Kier alpha value is -1.42. The Bertz CT molecular complexity index is 375. The van der Waals surface area contributed by atoms with Crippen LogP contribution in [-0.2, 0) is 0 Å². The van der Waals surface area contributed by atoms with Gasteiger partial charge in [0.25, 0.3) is 5.91 Å². The predicted octanol–water partition coefficient (Wildman–Crippen LogP) is 1.60. The van der Waals surface area contributed by atoms with Crippen LogP contribution >= 0.6 is 0 Å². The summed E-state index contributed by atoms with van der Waals surface area (Å²) in [5.74, 6) is -0.870. The number of carbonyl (C=O) groups is 1. The summed E-state index contributed by atoms with van der Waals surface area (Å²) in [5, 5.41) is 2.70. The fourth-order valence-corrected chi connectivity index (χ4v) is 1.41. The number of hydrogen-bond acceptors (Lipinski definition) is 2. The van der Waals surface area contributed by atoms with Gasteiger partial charge in [-0.3, -0.25) is 4.79 Å². The Morgan fingerprint density at radius 2 is 2.25 bits per heavy atom. The van der Waals surface area contributed by atoms with Gasteiger partial charge in [0.15, 0.2) is 0 Å². The monoisotopic (exact) mass is 224 g/mol. The number of halogens is 1. The van der Waals surface area contributed by atoms with Gasteiger partial charge in [-0.05, 0) is 25.0 Å². The van der Waals surface area contributed by atoms with Crippen LogP contribution in [0.2, 0.25) is 0 Å². The van der Waals surface area contributed by atoms with Gasteiger partial charge in [-0.15, -0.1) is 0 Å². The van der Waals surface area contributed by atoms with Gasteiger partial charge in [0.05, 0.1) is 5.56 Å². The smallest absolute Gasteiger partial charge is 0.254 e. The van der Waals surface area contributed by atoms with Gasteiger partial charge in [0, 0.05) is 12.6 Å². The van der Waals surface area contributed by atoms with Crippen molar-refractivity contribution >= 4 is 5.91 Å². The molecule has 0 radical (unpaired) electrons. The lowest BCUT2D eigenvalue weighted by Gasteiger charge is -2.15. The Labute approximate surface area is 94.8 Å². The molecule has 1 aromatic rings. The largest absolute Gasteiger partial charge is 0.348 e. The average molecular weight is 224 g/mol. The summed E-state index contributed by atoms with van der Waals surface area (Å²) in [6.07, 6.45) is 0.732. The fraction of sp³-hybridized carbons (Fsp3) is 0.417. The van der Waals surface area contributed by atoms with E-state index in [-0.39, 0.29) is 11.6 Å². The quantitative estimate of drug-likeness (QED) is 0.816. The number of nitrogens with one attached hydrogen (secondary N) is 1. The van der Waals surface area contributed by atoms with E-state index >= 15 is 0 Å². The summed E-state index contributed by atoms with van der Waals surface area (Å²) in [6.45, 7) is 3.91. The third-order valence-corrected chi connectivity index (χ3v) is 2.55. The number of benzene rings is 1. The second-order valence-corrected chi connectivity index (χ2v) is 3.75. The van der Waals surface area contributed by atoms with Crippen molar-refractivity contribution in [3.63, 3.8) is 0 Å². The molecule has 0 heterocycles. The normalized spacial score (nSPS) is 12.2. The molecule has 4 heteroatoms. The highest BCUT2D eigenvalue weighted by atomic mass is 19.1. The first-order chi connectivity index (χ1) is 7.60. The summed E-state index contributed by atoms with van der Waals surface area (Å²) < 4.78 is 13.6. The fourth-order valence-electron chi connectivity index (χ4n) is 1.41. The van der Waals surface area contributed by atoms with Gasteiger partial charge < -0.3 is 11.1 Å². The molecule has 0 aliphatic rings. The van der Waals surface area contributed by atoms with E-state index in [1.807, 2.05) is 6.92 Å². The van der Waals surface area contributed by atoms with Gasteiger partial charge in [-0.1, -0.05) is 19.1 Å². The van der Waals surface area contributed by atoms with Crippen molar-refractivity contribution in [2.24, 2.45) is 5.73 Å².